The van der Waals surface area contributed by atoms with E-state index in [9.17, 15) is 9.18 Å². The van der Waals surface area contributed by atoms with Crippen LogP contribution in [0.2, 0.25) is 0 Å². The van der Waals surface area contributed by atoms with Gasteiger partial charge >= 0.3 is 6.09 Å². The molecule has 1 amide bonds. The smallest absolute Gasteiger partial charge is 0.407 e. The fourth-order valence-electron chi connectivity index (χ4n) is 1.79. The Labute approximate surface area is 122 Å². The molecule has 1 aromatic carbocycles. The lowest BCUT2D eigenvalue weighted by Crippen LogP contribution is -2.32. The molecule has 1 N–H and O–H groups in total. The first-order valence-corrected chi connectivity index (χ1v) is 6.60. The number of carbonyl (C=O) groups excluding carboxylic acids is 1. The van der Waals surface area contributed by atoms with Crippen LogP contribution in [0, 0.1) is 5.82 Å². The normalized spacial score (nSPS) is 11.2. The Balaban J connectivity index is 2.08. The van der Waals surface area contributed by atoms with Crippen molar-refractivity contribution < 1.29 is 13.9 Å². The molecule has 112 valence electrons. The number of carbonyl (C=O) groups is 1. The summed E-state index contributed by atoms with van der Waals surface area (Å²) in [6.07, 6.45) is 2.55. The third-order valence-electron chi connectivity index (χ3n) is 2.64. The van der Waals surface area contributed by atoms with E-state index < -0.39 is 11.7 Å². The fraction of sp³-hybridized carbons (Fsp3) is 0.333. The van der Waals surface area contributed by atoms with Crippen LogP contribution in [0.15, 0.2) is 36.8 Å². The van der Waals surface area contributed by atoms with Crippen LogP contribution < -0.4 is 5.32 Å². The molecule has 0 aliphatic heterocycles. The predicted octanol–water partition coefficient (Wildman–Crippen LogP) is 3.04. The summed E-state index contributed by atoms with van der Waals surface area (Å²) >= 11 is 0. The van der Waals surface area contributed by atoms with Crippen molar-refractivity contribution in [3.05, 3.63) is 48.3 Å². The maximum absolute atomic E-state index is 13.8. The van der Waals surface area contributed by atoms with Gasteiger partial charge in [0, 0.05) is 0 Å². The predicted molar refractivity (Wildman–Crippen MR) is 76.6 cm³/mol. The molecule has 6 heteroatoms. The van der Waals surface area contributed by atoms with Crippen LogP contribution in [0.25, 0.3) is 5.69 Å². The van der Waals surface area contributed by atoms with Gasteiger partial charge in [-0.2, -0.15) is 0 Å². The number of para-hydroxylation sites is 1. The topological polar surface area (TPSA) is 56.1 Å². The molecule has 0 aliphatic carbocycles. The molecular weight excluding hydrogens is 273 g/mol. The summed E-state index contributed by atoms with van der Waals surface area (Å²) in [7, 11) is 0. The number of imidazole rings is 1. The Morgan fingerprint density at radius 3 is 2.76 bits per heavy atom. The van der Waals surface area contributed by atoms with Crippen LogP contribution in [-0.4, -0.2) is 21.2 Å². The molecule has 0 saturated heterocycles. The summed E-state index contributed by atoms with van der Waals surface area (Å²) < 4.78 is 20.5. The highest BCUT2D eigenvalue weighted by Gasteiger charge is 2.16. The summed E-state index contributed by atoms with van der Waals surface area (Å²) in [5, 5.41) is 2.63. The van der Waals surface area contributed by atoms with Gasteiger partial charge in [0.25, 0.3) is 0 Å². The van der Waals surface area contributed by atoms with Crippen LogP contribution >= 0.6 is 0 Å². The standard InChI is InChI=1S/C15H18FN3O2/c1-15(2,3)21-14(20)18-9-11-8-17-10-19(11)13-7-5-4-6-12(13)16/h4-8,10H,9H2,1-3H3,(H,18,20). The van der Waals surface area contributed by atoms with Crippen LogP contribution in [-0.2, 0) is 11.3 Å². The second kappa shape index (κ2) is 5.95. The number of amides is 1. The van der Waals surface area contributed by atoms with E-state index in [1.165, 1.54) is 12.4 Å². The molecule has 1 heterocycles. The Kier molecular flexibility index (Phi) is 4.26. The molecule has 0 spiro atoms. The largest absolute Gasteiger partial charge is 0.444 e. The van der Waals surface area contributed by atoms with Crippen molar-refractivity contribution in [1.82, 2.24) is 14.9 Å². The maximum atomic E-state index is 13.8. The number of rotatable bonds is 3. The molecule has 0 saturated carbocycles. The zero-order valence-corrected chi connectivity index (χ0v) is 12.3. The van der Waals surface area contributed by atoms with E-state index >= 15 is 0 Å². The quantitative estimate of drug-likeness (QED) is 0.945. The number of aromatic nitrogens is 2. The summed E-state index contributed by atoms with van der Waals surface area (Å²) in [5.74, 6) is -0.353. The van der Waals surface area contributed by atoms with Crippen LogP contribution in [0.5, 0.6) is 0 Å². The maximum Gasteiger partial charge on any atom is 0.407 e. The lowest BCUT2D eigenvalue weighted by atomic mass is 10.2. The minimum absolute atomic E-state index is 0.198. The SMILES string of the molecule is CC(C)(C)OC(=O)NCc1cncn1-c1ccccc1F. The second-order valence-electron chi connectivity index (χ2n) is 5.56. The van der Waals surface area contributed by atoms with Crippen molar-refractivity contribution in [3.63, 3.8) is 0 Å². The number of hydrogen-bond acceptors (Lipinski definition) is 3. The van der Waals surface area contributed by atoms with Gasteiger partial charge in [0.1, 0.15) is 11.4 Å². The zero-order valence-electron chi connectivity index (χ0n) is 12.3. The second-order valence-corrected chi connectivity index (χ2v) is 5.56. The summed E-state index contributed by atoms with van der Waals surface area (Å²) in [4.78, 5) is 15.6. The molecular formula is C15H18FN3O2. The van der Waals surface area contributed by atoms with Crippen LogP contribution in [0.1, 0.15) is 26.5 Å². The lowest BCUT2D eigenvalue weighted by Gasteiger charge is -2.19. The average molecular weight is 291 g/mol. The minimum atomic E-state index is -0.560. The molecule has 0 fully saturated rings. The summed E-state index contributed by atoms with van der Waals surface area (Å²) in [6.45, 7) is 5.56. The Bertz CT molecular complexity index is 632. The average Bonchev–Trinajstić information content (AvgIpc) is 2.83. The summed E-state index contributed by atoms with van der Waals surface area (Å²) in [5.41, 5.74) is 0.484. The van der Waals surface area contributed by atoms with Gasteiger partial charge in [-0.1, -0.05) is 12.1 Å². The molecule has 21 heavy (non-hydrogen) atoms. The third-order valence-corrected chi connectivity index (χ3v) is 2.64. The lowest BCUT2D eigenvalue weighted by molar-refractivity contribution is 0.0522. The van der Waals surface area contributed by atoms with Gasteiger partial charge in [-0.05, 0) is 32.9 Å². The molecule has 0 radical (unpaired) electrons. The molecule has 2 rings (SSSR count). The Hall–Kier alpha value is -2.37. The van der Waals surface area contributed by atoms with Gasteiger partial charge in [-0.15, -0.1) is 0 Å². The Morgan fingerprint density at radius 1 is 1.38 bits per heavy atom. The highest BCUT2D eigenvalue weighted by atomic mass is 19.1. The van der Waals surface area contributed by atoms with Crippen LogP contribution in [0.4, 0.5) is 9.18 Å². The molecule has 5 nitrogen and oxygen atoms in total. The van der Waals surface area contributed by atoms with E-state index in [4.69, 9.17) is 4.74 Å². The van der Waals surface area contributed by atoms with Gasteiger partial charge in [0.05, 0.1) is 30.5 Å². The van der Waals surface area contributed by atoms with E-state index in [2.05, 4.69) is 10.3 Å². The van der Waals surface area contributed by atoms with Gasteiger partial charge in [0.15, 0.2) is 0 Å². The highest BCUT2D eigenvalue weighted by molar-refractivity contribution is 5.67. The third kappa shape index (κ3) is 4.05. The van der Waals surface area contributed by atoms with Crippen molar-refractivity contribution in [1.29, 1.82) is 0 Å². The summed E-state index contributed by atoms with van der Waals surface area (Å²) in [6, 6.07) is 6.38. The van der Waals surface area contributed by atoms with E-state index in [0.717, 1.165) is 0 Å². The first-order chi connectivity index (χ1) is 9.87. The first-order valence-electron chi connectivity index (χ1n) is 6.60. The van der Waals surface area contributed by atoms with Crippen LogP contribution in [0.3, 0.4) is 0 Å². The van der Waals surface area contributed by atoms with Gasteiger partial charge in [-0.3, -0.25) is 4.57 Å². The number of halogens is 1. The van der Waals surface area contributed by atoms with Crippen molar-refractivity contribution in [2.75, 3.05) is 0 Å². The zero-order chi connectivity index (χ0) is 15.5. The number of alkyl carbamates (subject to hydrolysis) is 1. The highest BCUT2D eigenvalue weighted by Crippen LogP contribution is 2.15. The number of nitrogens with zero attached hydrogens (tertiary/aromatic N) is 2. The van der Waals surface area contributed by atoms with Crippen molar-refractivity contribution >= 4 is 6.09 Å². The van der Waals surface area contributed by atoms with Crippen molar-refractivity contribution in [2.45, 2.75) is 32.9 Å². The molecule has 0 atom stereocenters. The van der Waals surface area contributed by atoms with E-state index in [0.29, 0.717) is 11.4 Å². The van der Waals surface area contributed by atoms with Crippen molar-refractivity contribution in [3.8, 4) is 5.69 Å². The van der Waals surface area contributed by atoms with Gasteiger partial charge in [-0.25, -0.2) is 14.2 Å². The van der Waals surface area contributed by atoms with Gasteiger partial charge in [0.2, 0.25) is 0 Å². The Morgan fingerprint density at radius 2 is 2.10 bits per heavy atom. The number of benzene rings is 1. The van der Waals surface area contributed by atoms with E-state index in [1.54, 1.807) is 49.7 Å². The fourth-order valence-corrected chi connectivity index (χ4v) is 1.79. The molecule has 0 bridgehead atoms. The molecule has 1 aromatic heterocycles. The molecule has 0 aliphatic rings. The van der Waals surface area contributed by atoms with E-state index in [-0.39, 0.29) is 12.4 Å². The van der Waals surface area contributed by atoms with Gasteiger partial charge < -0.3 is 10.1 Å². The number of hydrogen-bond donors (Lipinski definition) is 1. The molecule has 2 aromatic rings. The monoisotopic (exact) mass is 291 g/mol. The molecule has 0 unspecified atom stereocenters. The van der Waals surface area contributed by atoms with E-state index in [1.807, 2.05) is 0 Å². The first kappa shape index (κ1) is 15.0. The van der Waals surface area contributed by atoms with Crippen molar-refractivity contribution in [2.24, 2.45) is 0 Å². The number of ether oxygens (including phenoxy) is 1. The minimum Gasteiger partial charge on any atom is -0.444 e. The number of nitrogens with one attached hydrogen (secondary N) is 1.